The van der Waals surface area contributed by atoms with Crippen molar-refractivity contribution in [1.82, 2.24) is 10.6 Å². The lowest BCUT2D eigenvalue weighted by Gasteiger charge is -2.19. The van der Waals surface area contributed by atoms with Crippen molar-refractivity contribution in [2.24, 2.45) is 0 Å². The van der Waals surface area contributed by atoms with Crippen molar-refractivity contribution in [3.63, 3.8) is 0 Å². The maximum Gasteiger partial charge on any atom is 0.407 e. The Morgan fingerprint density at radius 1 is 1.30 bits per heavy atom. The van der Waals surface area contributed by atoms with E-state index in [4.69, 9.17) is 9.47 Å². The number of alkyl carbamates (subject to hydrolysis) is 1. The zero-order valence-corrected chi connectivity index (χ0v) is 14.7. The minimum absolute atomic E-state index is 0.153. The largest absolute Gasteiger partial charge is 0.491 e. The van der Waals surface area contributed by atoms with Gasteiger partial charge in [0.25, 0.3) is 0 Å². The maximum absolute atomic E-state index is 11.7. The molecule has 2 atom stereocenters. The number of hydrogen-bond acceptors (Lipinski definition) is 4. The average molecular weight is 320 g/mol. The lowest BCUT2D eigenvalue weighted by atomic mass is 10.2. The lowest BCUT2D eigenvalue weighted by Crippen LogP contribution is -2.36. The first-order valence-corrected chi connectivity index (χ1v) is 8.21. The fourth-order valence-electron chi connectivity index (χ4n) is 2.29. The Kier molecular flexibility index (Phi) is 5.52. The Balaban J connectivity index is 1.73. The molecule has 0 radical (unpaired) electrons. The summed E-state index contributed by atoms with van der Waals surface area (Å²) in [4.78, 5) is 11.7. The van der Waals surface area contributed by atoms with Gasteiger partial charge in [-0.25, -0.2) is 4.79 Å². The molecular formula is C18H28N2O3. The molecule has 23 heavy (non-hydrogen) atoms. The third kappa shape index (κ3) is 6.48. The van der Waals surface area contributed by atoms with E-state index in [-0.39, 0.29) is 18.2 Å². The molecule has 1 amide bonds. The minimum atomic E-state index is -0.460. The van der Waals surface area contributed by atoms with Crippen LogP contribution < -0.4 is 15.4 Å². The van der Waals surface area contributed by atoms with E-state index in [0.717, 1.165) is 18.7 Å². The quantitative estimate of drug-likeness (QED) is 0.845. The first kappa shape index (κ1) is 17.6. The van der Waals surface area contributed by atoms with Gasteiger partial charge in [0.2, 0.25) is 0 Å². The lowest BCUT2D eigenvalue weighted by molar-refractivity contribution is 0.0522. The van der Waals surface area contributed by atoms with Gasteiger partial charge in [0.1, 0.15) is 11.4 Å². The summed E-state index contributed by atoms with van der Waals surface area (Å²) in [7, 11) is 0. The molecule has 0 aromatic heterocycles. The van der Waals surface area contributed by atoms with Crippen LogP contribution in [-0.4, -0.2) is 29.9 Å². The van der Waals surface area contributed by atoms with Crippen LogP contribution in [0.15, 0.2) is 24.3 Å². The number of rotatable bonds is 6. The van der Waals surface area contributed by atoms with Gasteiger partial charge in [0.15, 0.2) is 0 Å². The molecule has 5 heteroatoms. The molecule has 0 spiro atoms. The van der Waals surface area contributed by atoms with Gasteiger partial charge in [0, 0.05) is 18.6 Å². The van der Waals surface area contributed by atoms with E-state index >= 15 is 0 Å². The standard InChI is InChI=1S/C18H28N2O3/c1-12(2)22-14-8-6-7-13(9-14)11-19-15-10-16(15)20-17(21)23-18(3,4)5/h6-9,12,15-16,19H,10-11H2,1-5H3,(H,20,21). The molecule has 1 aliphatic carbocycles. The highest BCUT2D eigenvalue weighted by molar-refractivity contribution is 5.68. The van der Waals surface area contributed by atoms with E-state index < -0.39 is 5.60 Å². The van der Waals surface area contributed by atoms with Crippen LogP contribution >= 0.6 is 0 Å². The predicted molar refractivity (Wildman–Crippen MR) is 90.6 cm³/mol. The van der Waals surface area contributed by atoms with Crippen LogP contribution in [-0.2, 0) is 11.3 Å². The summed E-state index contributed by atoms with van der Waals surface area (Å²) in [6.07, 6.45) is 0.754. The molecule has 1 saturated carbocycles. The van der Waals surface area contributed by atoms with Gasteiger partial charge < -0.3 is 20.1 Å². The highest BCUT2D eigenvalue weighted by Crippen LogP contribution is 2.23. The van der Waals surface area contributed by atoms with Crippen LogP contribution in [0, 0.1) is 0 Å². The van der Waals surface area contributed by atoms with E-state index in [1.54, 1.807) is 0 Å². The third-order valence-electron chi connectivity index (χ3n) is 3.33. The highest BCUT2D eigenvalue weighted by atomic mass is 16.6. The number of nitrogens with one attached hydrogen (secondary N) is 2. The number of ether oxygens (including phenoxy) is 2. The number of amides is 1. The van der Waals surface area contributed by atoms with E-state index in [1.807, 2.05) is 52.8 Å². The molecule has 2 N–H and O–H groups in total. The zero-order chi connectivity index (χ0) is 17.0. The van der Waals surface area contributed by atoms with E-state index in [1.165, 1.54) is 5.56 Å². The summed E-state index contributed by atoms with van der Waals surface area (Å²) in [5.74, 6) is 0.888. The second-order valence-electron chi connectivity index (χ2n) is 7.29. The molecule has 0 heterocycles. The SMILES string of the molecule is CC(C)Oc1cccc(CNC2CC2NC(=O)OC(C)(C)C)c1. The normalized spacial score (nSPS) is 20.3. The maximum atomic E-state index is 11.7. The first-order valence-electron chi connectivity index (χ1n) is 8.21. The van der Waals surface area contributed by atoms with Crippen molar-refractivity contribution in [2.75, 3.05) is 0 Å². The molecule has 2 unspecified atom stereocenters. The van der Waals surface area contributed by atoms with Crippen LogP contribution in [0.5, 0.6) is 5.75 Å². The Morgan fingerprint density at radius 3 is 2.70 bits per heavy atom. The first-order chi connectivity index (χ1) is 10.7. The summed E-state index contributed by atoms with van der Waals surface area (Å²) in [5, 5.41) is 6.33. The number of benzene rings is 1. The molecule has 0 bridgehead atoms. The Morgan fingerprint density at radius 2 is 2.04 bits per heavy atom. The van der Waals surface area contributed by atoms with Gasteiger partial charge in [-0.1, -0.05) is 12.1 Å². The van der Waals surface area contributed by atoms with Crippen LogP contribution in [0.3, 0.4) is 0 Å². The molecule has 1 fully saturated rings. The summed E-state index contributed by atoms with van der Waals surface area (Å²) in [6, 6.07) is 8.54. The Labute approximate surface area is 138 Å². The molecule has 0 aliphatic heterocycles. The fraction of sp³-hybridized carbons (Fsp3) is 0.611. The van der Waals surface area contributed by atoms with E-state index in [2.05, 4.69) is 16.7 Å². The minimum Gasteiger partial charge on any atom is -0.491 e. The van der Waals surface area contributed by atoms with Gasteiger partial charge in [-0.2, -0.15) is 0 Å². The van der Waals surface area contributed by atoms with Crippen LogP contribution in [0.1, 0.15) is 46.6 Å². The molecule has 5 nitrogen and oxygen atoms in total. The van der Waals surface area contributed by atoms with Crippen molar-refractivity contribution in [1.29, 1.82) is 0 Å². The number of hydrogen-bond donors (Lipinski definition) is 2. The average Bonchev–Trinajstić information content (AvgIpc) is 3.11. The van der Waals surface area contributed by atoms with Crippen molar-refractivity contribution in [3.8, 4) is 5.75 Å². The van der Waals surface area contributed by atoms with Crippen LogP contribution in [0.2, 0.25) is 0 Å². The van der Waals surface area contributed by atoms with Gasteiger partial charge >= 0.3 is 6.09 Å². The summed E-state index contributed by atoms with van der Waals surface area (Å²) >= 11 is 0. The molecular weight excluding hydrogens is 292 g/mol. The van der Waals surface area contributed by atoms with E-state index in [9.17, 15) is 4.79 Å². The monoisotopic (exact) mass is 320 g/mol. The zero-order valence-electron chi connectivity index (χ0n) is 14.7. The van der Waals surface area contributed by atoms with Gasteiger partial charge in [-0.3, -0.25) is 0 Å². The number of carbonyl (C=O) groups excluding carboxylic acids is 1. The van der Waals surface area contributed by atoms with Crippen LogP contribution in [0.4, 0.5) is 4.79 Å². The Bertz CT molecular complexity index is 537. The predicted octanol–water partition coefficient (Wildman–Crippen LogP) is 3.23. The molecule has 128 valence electrons. The van der Waals surface area contributed by atoms with Crippen molar-refractivity contribution >= 4 is 6.09 Å². The molecule has 1 aromatic carbocycles. The topological polar surface area (TPSA) is 59.6 Å². The summed E-state index contributed by atoms with van der Waals surface area (Å²) in [5.41, 5.74) is 0.713. The molecule has 2 rings (SSSR count). The van der Waals surface area contributed by atoms with Gasteiger partial charge in [0.05, 0.1) is 6.10 Å². The van der Waals surface area contributed by atoms with E-state index in [0.29, 0.717) is 6.04 Å². The highest BCUT2D eigenvalue weighted by Gasteiger charge is 2.38. The third-order valence-corrected chi connectivity index (χ3v) is 3.33. The Hall–Kier alpha value is -1.75. The second-order valence-corrected chi connectivity index (χ2v) is 7.29. The molecule has 0 saturated heterocycles. The fourth-order valence-corrected chi connectivity index (χ4v) is 2.29. The van der Waals surface area contributed by atoms with Crippen molar-refractivity contribution in [2.45, 2.75) is 71.4 Å². The molecule has 1 aliphatic rings. The number of carbonyl (C=O) groups is 1. The summed E-state index contributed by atoms with van der Waals surface area (Å²) < 4.78 is 11.0. The second kappa shape index (κ2) is 7.21. The van der Waals surface area contributed by atoms with Gasteiger partial charge in [-0.05, 0) is 58.7 Å². The smallest absolute Gasteiger partial charge is 0.407 e. The summed E-state index contributed by atoms with van der Waals surface area (Å²) in [6.45, 7) is 10.4. The van der Waals surface area contributed by atoms with Gasteiger partial charge in [-0.15, -0.1) is 0 Å². The molecule has 1 aromatic rings. The van der Waals surface area contributed by atoms with Crippen molar-refractivity contribution in [3.05, 3.63) is 29.8 Å². The van der Waals surface area contributed by atoms with Crippen molar-refractivity contribution < 1.29 is 14.3 Å². The van der Waals surface area contributed by atoms with Crippen LogP contribution in [0.25, 0.3) is 0 Å².